The number of aromatic nitrogens is 4. The SMILES string of the molecule is CCn1c(SCC(=O)c2cn(CC)c3ccccc23)nnc1-c1cc2cccc(OC)c2o1. The van der Waals surface area contributed by atoms with Gasteiger partial charge in [-0.1, -0.05) is 42.1 Å². The number of hydrogen-bond acceptors (Lipinski definition) is 6. The van der Waals surface area contributed by atoms with Crippen molar-refractivity contribution in [3.63, 3.8) is 0 Å². The van der Waals surface area contributed by atoms with Gasteiger partial charge >= 0.3 is 0 Å². The van der Waals surface area contributed by atoms with Crippen molar-refractivity contribution in [2.75, 3.05) is 12.9 Å². The van der Waals surface area contributed by atoms with Gasteiger partial charge in [-0.3, -0.25) is 9.36 Å². The molecule has 0 bridgehead atoms. The van der Waals surface area contributed by atoms with Gasteiger partial charge in [0.05, 0.1) is 12.9 Å². The Hall–Kier alpha value is -3.52. The van der Waals surface area contributed by atoms with Crippen LogP contribution in [-0.2, 0) is 13.1 Å². The van der Waals surface area contributed by atoms with Crippen LogP contribution in [0.3, 0.4) is 0 Å². The first-order valence-corrected chi connectivity index (χ1v) is 11.9. The molecule has 7 nitrogen and oxygen atoms in total. The number of aryl methyl sites for hydroxylation is 1. The van der Waals surface area contributed by atoms with Crippen molar-refractivity contribution in [2.45, 2.75) is 32.1 Å². The van der Waals surface area contributed by atoms with Gasteiger partial charge in [-0.05, 0) is 32.0 Å². The number of para-hydroxylation sites is 2. The maximum atomic E-state index is 13.1. The van der Waals surface area contributed by atoms with Gasteiger partial charge < -0.3 is 13.7 Å². The normalized spacial score (nSPS) is 11.5. The molecule has 5 rings (SSSR count). The molecule has 0 aliphatic carbocycles. The molecule has 0 atom stereocenters. The van der Waals surface area contributed by atoms with E-state index in [1.54, 1.807) is 7.11 Å². The first-order valence-electron chi connectivity index (χ1n) is 10.9. The average Bonchev–Trinajstić information content (AvgIpc) is 3.56. The van der Waals surface area contributed by atoms with E-state index in [1.807, 2.05) is 66.2 Å². The Morgan fingerprint density at radius 1 is 1.09 bits per heavy atom. The van der Waals surface area contributed by atoms with Gasteiger partial charge in [-0.2, -0.15) is 0 Å². The standard InChI is InChI=1S/C25H24N4O3S/c1-4-28-14-18(17-10-6-7-11-19(17)28)20(30)15-33-25-27-26-24(29(25)5-2)22-13-16-9-8-12-21(31-3)23(16)32-22/h6-14H,4-5,15H2,1-3H3. The van der Waals surface area contributed by atoms with Crippen LogP contribution >= 0.6 is 11.8 Å². The molecule has 0 N–H and O–H groups in total. The monoisotopic (exact) mass is 460 g/mol. The van der Waals surface area contributed by atoms with Gasteiger partial charge in [-0.25, -0.2) is 0 Å². The summed E-state index contributed by atoms with van der Waals surface area (Å²) < 4.78 is 15.5. The number of hydrogen-bond donors (Lipinski definition) is 0. The van der Waals surface area contributed by atoms with Gasteiger partial charge in [0.1, 0.15) is 0 Å². The summed E-state index contributed by atoms with van der Waals surface area (Å²) in [5, 5.41) is 11.3. The number of carbonyl (C=O) groups is 1. The number of methoxy groups -OCH3 is 1. The number of Topliss-reactive ketones (excluding diaryl/α,β-unsaturated/α-hetero) is 1. The molecule has 5 aromatic rings. The second-order valence-electron chi connectivity index (χ2n) is 7.60. The van der Waals surface area contributed by atoms with E-state index >= 15 is 0 Å². The molecule has 0 spiro atoms. The van der Waals surface area contributed by atoms with Crippen molar-refractivity contribution in [3.8, 4) is 17.3 Å². The highest BCUT2D eigenvalue weighted by atomic mass is 32.2. The summed E-state index contributed by atoms with van der Waals surface area (Å²) in [6.07, 6.45) is 1.95. The van der Waals surface area contributed by atoms with Crippen molar-refractivity contribution in [2.24, 2.45) is 0 Å². The number of thioether (sulfide) groups is 1. The van der Waals surface area contributed by atoms with E-state index in [-0.39, 0.29) is 11.5 Å². The summed E-state index contributed by atoms with van der Waals surface area (Å²) in [6, 6.07) is 15.7. The molecule has 3 aromatic heterocycles. The van der Waals surface area contributed by atoms with E-state index in [1.165, 1.54) is 11.8 Å². The number of ether oxygens (including phenoxy) is 1. The Kier molecular flexibility index (Phi) is 5.68. The summed E-state index contributed by atoms with van der Waals surface area (Å²) in [4.78, 5) is 13.1. The van der Waals surface area contributed by atoms with Crippen LogP contribution in [0.2, 0.25) is 0 Å². The topological polar surface area (TPSA) is 75.1 Å². The van der Waals surface area contributed by atoms with Gasteiger partial charge in [0, 0.05) is 41.1 Å². The van der Waals surface area contributed by atoms with E-state index < -0.39 is 0 Å². The lowest BCUT2D eigenvalue weighted by Crippen LogP contribution is -2.05. The predicted molar refractivity (Wildman–Crippen MR) is 130 cm³/mol. The first kappa shape index (κ1) is 21.3. The molecule has 0 fully saturated rings. The second kappa shape index (κ2) is 8.78. The maximum Gasteiger partial charge on any atom is 0.200 e. The highest BCUT2D eigenvalue weighted by Gasteiger charge is 2.20. The molecule has 8 heteroatoms. The maximum absolute atomic E-state index is 13.1. The predicted octanol–water partition coefficient (Wildman–Crippen LogP) is 5.67. The van der Waals surface area contributed by atoms with Crippen LogP contribution in [0.1, 0.15) is 24.2 Å². The summed E-state index contributed by atoms with van der Waals surface area (Å²) >= 11 is 1.39. The van der Waals surface area contributed by atoms with Crippen LogP contribution in [0.25, 0.3) is 33.5 Å². The summed E-state index contributed by atoms with van der Waals surface area (Å²) in [5.41, 5.74) is 2.50. The van der Waals surface area contributed by atoms with Crippen LogP contribution in [0.4, 0.5) is 0 Å². The number of rotatable bonds is 8. The molecule has 0 saturated carbocycles. The lowest BCUT2D eigenvalue weighted by Gasteiger charge is -2.05. The zero-order valence-electron chi connectivity index (χ0n) is 18.7. The lowest BCUT2D eigenvalue weighted by molar-refractivity contribution is 0.102. The Labute approximate surface area is 195 Å². The van der Waals surface area contributed by atoms with Crippen LogP contribution in [-0.4, -0.2) is 38.0 Å². The van der Waals surface area contributed by atoms with Crippen LogP contribution in [0.5, 0.6) is 5.75 Å². The Morgan fingerprint density at radius 2 is 1.94 bits per heavy atom. The third kappa shape index (κ3) is 3.70. The number of fused-ring (bicyclic) bond motifs is 2. The zero-order chi connectivity index (χ0) is 22.9. The first-order chi connectivity index (χ1) is 16.1. The van der Waals surface area contributed by atoms with E-state index in [2.05, 4.69) is 21.7 Å². The number of ketones is 1. The van der Waals surface area contributed by atoms with Crippen molar-refractivity contribution in [3.05, 3.63) is 60.3 Å². The molecule has 0 saturated heterocycles. The smallest absolute Gasteiger partial charge is 0.200 e. The molecule has 0 aliphatic heterocycles. The number of benzene rings is 2. The van der Waals surface area contributed by atoms with Crippen molar-refractivity contribution in [1.82, 2.24) is 19.3 Å². The van der Waals surface area contributed by atoms with Gasteiger partial charge in [-0.15, -0.1) is 10.2 Å². The lowest BCUT2D eigenvalue weighted by atomic mass is 10.1. The highest BCUT2D eigenvalue weighted by molar-refractivity contribution is 7.99. The molecule has 33 heavy (non-hydrogen) atoms. The minimum absolute atomic E-state index is 0.0732. The van der Waals surface area contributed by atoms with Gasteiger partial charge in [0.15, 0.2) is 28.0 Å². The fourth-order valence-electron chi connectivity index (χ4n) is 4.11. The molecule has 0 aliphatic rings. The molecule has 2 aromatic carbocycles. The molecular weight excluding hydrogens is 436 g/mol. The van der Waals surface area contributed by atoms with E-state index in [0.29, 0.717) is 34.6 Å². The number of carbonyl (C=O) groups excluding carboxylic acids is 1. The molecular formula is C25H24N4O3S. The fourth-order valence-corrected chi connectivity index (χ4v) is 4.99. The largest absolute Gasteiger partial charge is 0.493 e. The third-order valence-corrected chi connectivity index (χ3v) is 6.71. The quantitative estimate of drug-likeness (QED) is 0.219. The number of nitrogens with zero attached hydrogens (tertiary/aromatic N) is 4. The highest BCUT2D eigenvalue weighted by Crippen LogP contribution is 2.34. The second-order valence-corrected chi connectivity index (χ2v) is 8.54. The van der Waals surface area contributed by atoms with Gasteiger partial charge in [0.2, 0.25) is 5.82 Å². The average molecular weight is 461 g/mol. The Morgan fingerprint density at radius 3 is 2.73 bits per heavy atom. The Bertz CT molecular complexity index is 1460. The molecule has 0 unspecified atom stereocenters. The summed E-state index contributed by atoms with van der Waals surface area (Å²) in [6.45, 7) is 5.57. The van der Waals surface area contributed by atoms with E-state index in [9.17, 15) is 4.79 Å². The van der Waals surface area contributed by atoms with Crippen LogP contribution in [0.15, 0.2) is 64.3 Å². The summed E-state index contributed by atoms with van der Waals surface area (Å²) in [5.74, 6) is 2.28. The van der Waals surface area contributed by atoms with Crippen molar-refractivity contribution >= 4 is 39.4 Å². The third-order valence-electron chi connectivity index (χ3n) is 5.74. The molecule has 0 amide bonds. The Balaban J connectivity index is 1.41. The van der Waals surface area contributed by atoms with Gasteiger partial charge in [0.25, 0.3) is 0 Å². The molecule has 168 valence electrons. The van der Waals surface area contributed by atoms with Crippen molar-refractivity contribution < 1.29 is 13.9 Å². The fraction of sp³-hybridized carbons (Fsp3) is 0.240. The zero-order valence-corrected chi connectivity index (χ0v) is 19.6. The van der Waals surface area contributed by atoms with E-state index in [4.69, 9.17) is 9.15 Å². The minimum Gasteiger partial charge on any atom is -0.493 e. The van der Waals surface area contributed by atoms with Crippen molar-refractivity contribution in [1.29, 1.82) is 0 Å². The minimum atomic E-state index is 0.0732. The van der Waals surface area contributed by atoms with E-state index in [0.717, 1.165) is 28.4 Å². The molecule has 0 radical (unpaired) electrons. The molecule has 3 heterocycles. The van der Waals surface area contributed by atoms with Crippen LogP contribution < -0.4 is 4.74 Å². The summed E-state index contributed by atoms with van der Waals surface area (Å²) in [7, 11) is 1.62. The number of furan rings is 1. The van der Waals surface area contributed by atoms with Crippen LogP contribution in [0, 0.1) is 0 Å².